The van der Waals surface area contributed by atoms with Crippen LogP contribution >= 0.6 is 0 Å². The summed E-state index contributed by atoms with van der Waals surface area (Å²) in [5.41, 5.74) is 11.9. The molecule has 0 fully saturated rings. The van der Waals surface area contributed by atoms with Crippen LogP contribution in [0.2, 0.25) is 0 Å². The van der Waals surface area contributed by atoms with E-state index >= 15 is 0 Å². The lowest BCUT2D eigenvalue weighted by molar-refractivity contribution is 0.249. The number of hydroxylamine groups is 1. The standard InChI is InChI=1S/C21H15NO.C6H6O/c1-3-8-16-14(6-1)12-19-17(16)9-5-10-18(19)20-13-15-7-2-4-11-21(15)23-22-20;7-6-4-2-1-3-5-6/h1-11,13,22H,12H2;1-5,7H. The number of phenols is 1. The Balaban J connectivity index is 0.000000236. The van der Waals surface area contributed by atoms with Gasteiger partial charge in [-0.05, 0) is 52.9 Å². The van der Waals surface area contributed by atoms with Crippen molar-refractivity contribution >= 4 is 11.8 Å². The first kappa shape index (κ1) is 18.1. The summed E-state index contributed by atoms with van der Waals surface area (Å²) in [5, 5.41) is 8.63. The van der Waals surface area contributed by atoms with E-state index < -0.39 is 0 Å². The minimum absolute atomic E-state index is 0.322. The third-order valence-corrected chi connectivity index (χ3v) is 5.39. The summed E-state index contributed by atoms with van der Waals surface area (Å²) in [4.78, 5) is 5.71. The summed E-state index contributed by atoms with van der Waals surface area (Å²) in [6.45, 7) is 0. The Morgan fingerprint density at radius 2 is 1.37 bits per heavy atom. The van der Waals surface area contributed by atoms with Crippen molar-refractivity contribution in [3.05, 3.63) is 119 Å². The van der Waals surface area contributed by atoms with Crippen LogP contribution in [0.15, 0.2) is 97.1 Å². The van der Waals surface area contributed by atoms with Crippen LogP contribution in [-0.4, -0.2) is 5.11 Å². The molecule has 1 aliphatic carbocycles. The maximum absolute atomic E-state index is 8.63. The molecular formula is C27H21NO2. The van der Waals surface area contributed by atoms with E-state index in [0.717, 1.165) is 23.4 Å². The molecule has 2 aliphatic rings. The summed E-state index contributed by atoms with van der Waals surface area (Å²) in [6, 6.07) is 31.9. The predicted octanol–water partition coefficient (Wildman–Crippen LogP) is 6.05. The molecule has 1 heterocycles. The zero-order valence-electron chi connectivity index (χ0n) is 16.4. The first-order valence-corrected chi connectivity index (χ1v) is 9.98. The number of benzene rings is 4. The van der Waals surface area contributed by atoms with Crippen molar-refractivity contribution < 1.29 is 9.94 Å². The molecule has 6 rings (SSSR count). The van der Waals surface area contributed by atoms with Crippen LogP contribution in [0.4, 0.5) is 0 Å². The van der Waals surface area contributed by atoms with Crippen molar-refractivity contribution in [3.8, 4) is 22.6 Å². The Kier molecular flexibility index (Phi) is 4.70. The quantitative estimate of drug-likeness (QED) is 0.366. The minimum Gasteiger partial charge on any atom is -0.508 e. The van der Waals surface area contributed by atoms with Crippen molar-refractivity contribution in [2.45, 2.75) is 6.42 Å². The zero-order valence-corrected chi connectivity index (χ0v) is 16.4. The van der Waals surface area contributed by atoms with Gasteiger partial charge in [0.25, 0.3) is 0 Å². The predicted molar refractivity (Wildman–Crippen MR) is 121 cm³/mol. The molecule has 146 valence electrons. The first-order valence-electron chi connectivity index (χ1n) is 9.98. The summed E-state index contributed by atoms with van der Waals surface area (Å²) in [6.07, 6.45) is 3.14. The lowest BCUT2D eigenvalue weighted by Gasteiger charge is -2.20. The van der Waals surface area contributed by atoms with Crippen molar-refractivity contribution in [3.63, 3.8) is 0 Å². The molecule has 0 saturated carbocycles. The van der Waals surface area contributed by atoms with Gasteiger partial charge >= 0.3 is 0 Å². The fourth-order valence-electron chi connectivity index (χ4n) is 3.96. The lowest BCUT2D eigenvalue weighted by atomic mass is 9.97. The zero-order chi connectivity index (χ0) is 20.3. The molecule has 3 nitrogen and oxygen atoms in total. The van der Waals surface area contributed by atoms with E-state index in [0.29, 0.717) is 5.75 Å². The molecule has 4 aromatic rings. The van der Waals surface area contributed by atoms with E-state index in [1.165, 1.54) is 27.8 Å². The van der Waals surface area contributed by atoms with Crippen molar-refractivity contribution in [2.24, 2.45) is 0 Å². The number of para-hydroxylation sites is 2. The Hall–Kier alpha value is -3.98. The number of aromatic hydroxyl groups is 1. The normalized spacial score (nSPS) is 12.7. The number of hydrogen-bond acceptors (Lipinski definition) is 3. The van der Waals surface area contributed by atoms with Crippen LogP contribution in [0.5, 0.6) is 11.5 Å². The first-order chi connectivity index (χ1) is 14.8. The highest BCUT2D eigenvalue weighted by Gasteiger charge is 2.23. The summed E-state index contributed by atoms with van der Waals surface area (Å²) >= 11 is 0. The topological polar surface area (TPSA) is 41.5 Å². The second-order valence-electron chi connectivity index (χ2n) is 7.30. The molecule has 0 aromatic heterocycles. The monoisotopic (exact) mass is 391 g/mol. The molecule has 4 aromatic carbocycles. The van der Waals surface area contributed by atoms with Gasteiger partial charge in [0.05, 0.1) is 5.70 Å². The van der Waals surface area contributed by atoms with E-state index in [2.05, 4.69) is 60.1 Å². The molecule has 3 heteroatoms. The molecule has 0 unspecified atom stereocenters. The molecule has 0 spiro atoms. The second kappa shape index (κ2) is 7.80. The van der Waals surface area contributed by atoms with Gasteiger partial charge in [-0.2, -0.15) is 0 Å². The van der Waals surface area contributed by atoms with Gasteiger partial charge in [0, 0.05) is 11.1 Å². The highest BCUT2D eigenvalue weighted by atomic mass is 16.6. The van der Waals surface area contributed by atoms with Gasteiger partial charge in [-0.15, -0.1) is 0 Å². The van der Waals surface area contributed by atoms with Gasteiger partial charge in [-0.1, -0.05) is 78.9 Å². The molecule has 0 radical (unpaired) electrons. The van der Waals surface area contributed by atoms with Crippen LogP contribution in [0.1, 0.15) is 22.3 Å². The van der Waals surface area contributed by atoms with Gasteiger partial charge in [0.15, 0.2) is 5.75 Å². The van der Waals surface area contributed by atoms with Crippen LogP contribution in [0.25, 0.3) is 22.9 Å². The van der Waals surface area contributed by atoms with Gasteiger partial charge in [0.2, 0.25) is 0 Å². The number of hydrogen-bond donors (Lipinski definition) is 2. The highest BCUT2D eigenvalue weighted by Crippen LogP contribution is 2.40. The van der Waals surface area contributed by atoms with Gasteiger partial charge in [-0.3, -0.25) is 0 Å². The van der Waals surface area contributed by atoms with E-state index in [9.17, 15) is 0 Å². The largest absolute Gasteiger partial charge is 0.508 e. The highest BCUT2D eigenvalue weighted by molar-refractivity contribution is 5.89. The Bertz CT molecular complexity index is 1230. The maximum Gasteiger partial charge on any atom is 0.162 e. The smallest absolute Gasteiger partial charge is 0.162 e. The van der Waals surface area contributed by atoms with Crippen molar-refractivity contribution in [1.82, 2.24) is 5.48 Å². The third-order valence-electron chi connectivity index (χ3n) is 5.39. The SMILES string of the molecule is C1=C(c2cccc3c2Cc2ccccc2-3)NOc2ccccc21.Oc1ccccc1. The molecule has 0 bridgehead atoms. The summed E-state index contributed by atoms with van der Waals surface area (Å²) in [5.74, 6) is 1.19. The van der Waals surface area contributed by atoms with Crippen LogP contribution < -0.4 is 10.3 Å². The molecule has 0 atom stereocenters. The fraction of sp³-hybridized carbons (Fsp3) is 0.0370. The average Bonchev–Trinajstić information content (AvgIpc) is 3.19. The van der Waals surface area contributed by atoms with Crippen molar-refractivity contribution in [1.29, 1.82) is 0 Å². The molecule has 0 amide bonds. The maximum atomic E-state index is 8.63. The number of phenolic OH excluding ortho intramolecular Hbond substituents is 1. The summed E-state index contributed by atoms with van der Waals surface area (Å²) < 4.78 is 0. The third kappa shape index (κ3) is 3.42. The second-order valence-corrected chi connectivity index (χ2v) is 7.30. The average molecular weight is 391 g/mol. The lowest BCUT2D eigenvalue weighted by Crippen LogP contribution is -2.21. The van der Waals surface area contributed by atoms with Gasteiger partial charge in [-0.25, -0.2) is 5.48 Å². The van der Waals surface area contributed by atoms with Crippen LogP contribution in [0.3, 0.4) is 0 Å². The molecule has 1 aliphatic heterocycles. The van der Waals surface area contributed by atoms with Crippen LogP contribution in [-0.2, 0) is 6.42 Å². The van der Waals surface area contributed by atoms with Gasteiger partial charge < -0.3 is 9.94 Å². The molecule has 30 heavy (non-hydrogen) atoms. The Morgan fingerprint density at radius 1 is 0.667 bits per heavy atom. The number of rotatable bonds is 1. The Labute approximate surface area is 175 Å². The van der Waals surface area contributed by atoms with Gasteiger partial charge in [0.1, 0.15) is 5.75 Å². The van der Waals surface area contributed by atoms with E-state index in [1.54, 1.807) is 24.3 Å². The van der Waals surface area contributed by atoms with E-state index in [-0.39, 0.29) is 0 Å². The van der Waals surface area contributed by atoms with E-state index in [1.807, 2.05) is 24.3 Å². The molecule has 2 N–H and O–H groups in total. The fourth-order valence-corrected chi connectivity index (χ4v) is 3.96. The van der Waals surface area contributed by atoms with Crippen molar-refractivity contribution in [2.75, 3.05) is 0 Å². The molecule has 0 saturated heterocycles. The van der Waals surface area contributed by atoms with Crippen LogP contribution in [0, 0.1) is 0 Å². The minimum atomic E-state index is 0.322. The Morgan fingerprint density at radius 3 is 2.20 bits per heavy atom. The number of fused-ring (bicyclic) bond motifs is 4. The molecular weight excluding hydrogens is 370 g/mol. The van der Waals surface area contributed by atoms with E-state index in [4.69, 9.17) is 9.94 Å². The number of nitrogens with one attached hydrogen (secondary N) is 1. The summed E-state index contributed by atoms with van der Waals surface area (Å²) in [7, 11) is 0.